The van der Waals surface area contributed by atoms with Crippen molar-refractivity contribution in [3.05, 3.63) is 64.1 Å². The van der Waals surface area contributed by atoms with Crippen LogP contribution in [0.5, 0.6) is 5.75 Å². The van der Waals surface area contributed by atoms with Gasteiger partial charge in [-0.1, -0.05) is 12.1 Å². The van der Waals surface area contributed by atoms with Crippen molar-refractivity contribution >= 4 is 12.1 Å². The first-order valence-electron chi connectivity index (χ1n) is 6.83. The molecule has 0 saturated heterocycles. The number of aromatic nitrogens is 1. The van der Waals surface area contributed by atoms with E-state index in [1.165, 1.54) is 16.8 Å². The molecule has 2 rings (SSSR count). The van der Waals surface area contributed by atoms with E-state index in [1.54, 1.807) is 25.4 Å². The van der Waals surface area contributed by atoms with Crippen LogP contribution in [0.25, 0.3) is 0 Å². The first kappa shape index (κ1) is 15.5. The molecule has 0 bridgehead atoms. The second kappa shape index (κ2) is 7.21. The summed E-state index contributed by atoms with van der Waals surface area (Å²) in [5, 5.41) is 3.86. The van der Waals surface area contributed by atoms with E-state index in [-0.39, 0.29) is 11.1 Å². The summed E-state index contributed by atoms with van der Waals surface area (Å²) in [6.07, 6.45) is 3.08. The van der Waals surface area contributed by atoms with Crippen molar-refractivity contribution in [1.29, 1.82) is 0 Å². The summed E-state index contributed by atoms with van der Waals surface area (Å²) in [5.41, 5.74) is 2.81. The van der Waals surface area contributed by atoms with Gasteiger partial charge >= 0.3 is 0 Å². The number of hydrogen-bond donors (Lipinski definition) is 1. The van der Waals surface area contributed by atoms with Crippen molar-refractivity contribution in [3.8, 4) is 5.75 Å². The lowest BCUT2D eigenvalue weighted by molar-refractivity contribution is 0.0953. The molecule has 2 aromatic rings. The van der Waals surface area contributed by atoms with Crippen LogP contribution in [0.1, 0.15) is 22.8 Å². The summed E-state index contributed by atoms with van der Waals surface area (Å²) in [6, 6.07) is 10.4. The van der Waals surface area contributed by atoms with Crippen molar-refractivity contribution in [2.75, 3.05) is 6.61 Å². The van der Waals surface area contributed by atoms with Gasteiger partial charge in [-0.05, 0) is 36.8 Å². The largest absolute Gasteiger partial charge is 0.494 e. The van der Waals surface area contributed by atoms with Crippen LogP contribution in [0.15, 0.2) is 52.5 Å². The third-order valence-corrected chi connectivity index (χ3v) is 2.92. The van der Waals surface area contributed by atoms with E-state index in [0.29, 0.717) is 6.61 Å². The summed E-state index contributed by atoms with van der Waals surface area (Å²) < 4.78 is 6.72. The Morgan fingerprint density at radius 1 is 1.36 bits per heavy atom. The molecule has 0 saturated carbocycles. The van der Waals surface area contributed by atoms with E-state index in [9.17, 15) is 9.59 Å². The lowest BCUT2D eigenvalue weighted by Gasteiger charge is -2.03. The molecule has 0 aliphatic carbocycles. The van der Waals surface area contributed by atoms with Gasteiger partial charge in [0.2, 0.25) is 0 Å². The number of nitrogens with one attached hydrogen (secondary N) is 1. The smallest absolute Gasteiger partial charge is 0.276 e. The minimum Gasteiger partial charge on any atom is -0.494 e. The number of nitrogens with zero attached hydrogens (tertiary/aromatic N) is 2. The molecule has 1 aromatic heterocycles. The normalized spacial score (nSPS) is 10.6. The zero-order chi connectivity index (χ0) is 15.9. The minimum absolute atomic E-state index is 0.0465. The number of amides is 1. The van der Waals surface area contributed by atoms with Crippen LogP contribution in [-0.4, -0.2) is 23.3 Å². The van der Waals surface area contributed by atoms with Gasteiger partial charge in [-0.25, -0.2) is 5.43 Å². The molecule has 22 heavy (non-hydrogen) atoms. The van der Waals surface area contributed by atoms with Crippen LogP contribution in [0.2, 0.25) is 0 Å². The monoisotopic (exact) mass is 299 g/mol. The van der Waals surface area contributed by atoms with Gasteiger partial charge in [-0.15, -0.1) is 0 Å². The van der Waals surface area contributed by atoms with Crippen molar-refractivity contribution in [2.45, 2.75) is 6.92 Å². The minimum atomic E-state index is -0.543. The van der Waals surface area contributed by atoms with Gasteiger partial charge in [0, 0.05) is 13.2 Å². The van der Waals surface area contributed by atoms with Crippen molar-refractivity contribution in [3.63, 3.8) is 0 Å². The van der Waals surface area contributed by atoms with E-state index in [0.717, 1.165) is 11.3 Å². The van der Waals surface area contributed by atoms with Gasteiger partial charge in [0.05, 0.1) is 12.8 Å². The second-order valence-electron chi connectivity index (χ2n) is 4.54. The molecule has 114 valence electrons. The highest BCUT2D eigenvalue weighted by Gasteiger charge is 2.09. The fourth-order valence-corrected chi connectivity index (χ4v) is 1.85. The molecule has 6 nitrogen and oxygen atoms in total. The third-order valence-electron chi connectivity index (χ3n) is 2.92. The molecule has 0 atom stereocenters. The molecule has 0 aliphatic rings. The maximum atomic E-state index is 11.9. The molecule has 1 aromatic carbocycles. The van der Waals surface area contributed by atoms with Gasteiger partial charge in [-0.3, -0.25) is 9.59 Å². The maximum absolute atomic E-state index is 11.9. The molecule has 6 heteroatoms. The molecule has 0 fully saturated rings. The Hall–Kier alpha value is -2.89. The van der Waals surface area contributed by atoms with Crippen LogP contribution in [0.4, 0.5) is 0 Å². The number of hydrogen-bond acceptors (Lipinski definition) is 4. The number of ether oxygens (including phenoxy) is 1. The average Bonchev–Trinajstić information content (AvgIpc) is 2.50. The predicted octanol–water partition coefficient (Wildman–Crippen LogP) is 1.55. The predicted molar refractivity (Wildman–Crippen MR) is 84.4 cm³/mol. The van der Waals surface area contributed by atoms with Gasteiger partial charge in [0.1, 0.15) is 11.3 Å². The van der Waals surface area contributed by atoms with Crippen molar-refractivity contribution in [1.82, 2.24) is 9.99 Å². The standard InChI is InChI=1S/C16H17N3O3/c1-3-22-13-7-4-6-12(10-13)11-17-18-15(20)14-8-5-9-19(2)16(14)21/h4-11H,3H2,1-2H3,(H,18,20)/b17-11-. The SMILES string of the molecule is CCOc1cccc(/C=N\NC(=O)c2cccn(C)c2=O)c1. The number of carbonyl (C=O) groups excluding carboxylic acids is 1. The number of hydrazone groups is 1. The topological polar surface area (TPSA) is 72.7 Å². The molecule has 0 radical (unpaired) electrons. The Bertz CT molecular complexity index is 750. The van der Waals surface area contributed by atoms with Crippen LogP contribution < -0.4 is 15.7 Å². The Morgan fingerprint density at radius 3 is 2.95 bits per heavy atom. The first-order chi connectivity index (χ1) is 10.6. The Morgan fingerprint density at radius 2 is 2.18 bits per heavy atom. The maximum Gasteiger partial charge on any atom is 0.276 e. The highest BCUT2D eigenvalue weighted by molar-refractivity contribution is 5.94. The Balaban J connectivity index is 2.06. The van der Waals surface area contributed by atoms with Gasteiger partial charge in [0.25, 0.3) is 11.5 Å². The second-order valence-corrected chi connectivity index (χ2v) is 4.54. The van der Waals surface area contributed by atoms with Crippen LogP contribution >= 0.6 is 0 Å². The summed E-state index contributed by atoms with van der Waals surface area (Å²) in [6.45, 7) is 2.48. The fraction of sp³-hybridized carbons (Fsp3) is 0.188. The molecular weight excluding hydrogens is 282 g/mol. The van der Waals surface area contributed by atoms with Crippen LogP contribution in [-0.2, 0) is 7.05 Å². The van der Waals surface area contributed by atoms with E-state index in [2.05, 4.69) is 10.5 Å². The number of aryl methyl sites for hydroxylation is 1. The Labute approximate surface area is 128 Å². The number of pyridine rings is 1. The van der Waals surface area contributed by atoms with E-state index in [4.69, 9.17) is 4.74 Å². The van der Waals surface area contributed by atoms with Gasteiger partial charge in [-0.2, -0.15) is 5.10 Å². The average molecular weight is 299 g/mol. The quantitative estimate of drug-likeness (QED) is 0.672. The van der Waals surface area contributed by atoms with E-state index >= 15 is 0 Å². The number of carbonyl (C=O) groups is 1. The summed E-state index contributed by atoms with van der Waals surface area (Å²) >= 11 is 0. The number of benzene rings is 1. The molecule has 1 N–H and O–H groups in total. The van der Waals surface area contributed by atoms with Crippen LogP contribution in [0, 0.1) is 0 Å². The highest BCUT2D eigenvalue weighted by atomic mass is 16.5. The molecule has 1 amide bonds. The van der Waals surface area contributed by atoms with Crippen molar-refractivity contribution in [2.24, 2.45) is 12.1 Å². The summed E-state index contributed by atoms with van der Waals surface area (Å²) in [5.74, 6) is 0.188. The molecular formula is C16H17N3O3. The lowest BCUT2D eigenvalue weighted by Crippen LogP contribution is -2.29. The molecule has 0 spiro atoms. The first-order valence-corrected chi connectivity index (χ1v) is 6.83. The Kier molecular flexibility index (Phi) is 5.08. The number of rotatable bonds is 5. The van der Waals surface area contributed by atoms with E-state index < -0.39 is 5.91 Å². The highest BCUT2D eigenvalue weighted by Crippen LogP contribution is 2.11. The fourth-order valence-electron chi connectivity index (χ4n) is 1.85. The lowest BCUT2D eigenvalue weighted by atomic mass is 10.2. The zero-order valence-corrected chi connectivity index (χ0v) is 12.4. The summed E-state index contributed by atoms with van der Waals surface area (Å²) in [4.78, 5) is 23.7. The molecule has 0 aliphatic heterocycles. The van der Waals surface area contributed by atoms with Gasteiger partial charge < -0.3 is 9.30 Å². The van der Waals surface area contributed by atoms with E-state index in [1.807, 2.05) is 25.1 Å². The van der Waals surface area contributed by atoms with Gasteiger partial charge in [0.15, 0.2) is 0 Å². The zero-order valence-electron chi connectivity index (χ0n) is 12.4. The van der Waals surface area contributed by atoms with Crippen LogP contribution in [0.3, 0.4) is 0 Å². The van der Waals surface area contributed by atoms with Crippen molar-refractivity contribution < 1.29 is 9.53 Å². The summed E-state index contributed by atoms with van der Waals surface area (Å²) in [7, 11) is 1.58. The third kappa shape index (κ3) is 3.82. The molecule has 1 heterocycles. The molecule has 0 unspecified atom stereocenters.